The molecule has 0 N–H and O–H groups in total. The number of methoxy groups -OCH3 is 1. The third kappa shape index (κ3) is 4.33. The normalized spacial score (nSPS) is 10.9. The summed E-state index contributed by atoms with van der Waals surface area (Å²) in [6.45, 7) is 0. The predicted molar refractivity (Wildman–Crippen MR) is 122 cm³/mol. The minimum absolute atomic E-state index is 0. The SMILES string of the molecule is COc1ccc(F)c(C[P+](c2ccccc2)(c2ccccc2)c2ccccc2)c1.[Br-]. The first-order valence-corrected chi connectivity index (χ1v) is 11.6. The molecule has 0 spiro atoms. The molecule has 4 heteroatoms. The highest BCUT2D eigenvalue weighted by Gasteiger charge is 2.45. The Balaban J connectivity index is 0.00000256. The van der Waals surface area contributed by atoms with Crippen LogP contribution in [0.5, 0.6) is 5.75 Å². The smallest absolute Gasteiger partial charge is 0.130 e. The fraction of sp³-hybridized carbons (Fsp3) is 0.0769. The second-order valence-corrected chi connectivity index (χ2v) is 10.4. The van der Waals surface area contributed by atoms with E-state index in [1.165, 1.54) is 22.0 Å². The Labute approximate surface area is 188 Å². The van der Waals surface area contributed by atoms with Gasteiger partial charge in [0.2, 0.25) is 0 Å². The molecule has 0 saturated heterocycles. The Kier molecular flexibility index (Phi) is 7.42. The van der Waals surface area contributed by atoms with E-state index in [9.17, 15) is 4.39 Å². The molecule has 30 heavy (non-hydrogen) atoms. The minimum Gasteiger partial charge on any atom is -1.00 e. The predicted octanol–water partition coefficient (Wildman–Crippen LogP) is 2.33. The second-order valence-electron chi connectivity index (χ2n) is 6.93. The fourth-order valence-corrected chi connectivity index (χ4v) is 8.06. The van der Waals surface area contributed by atoms with Crippen LogP contribution in [0.4, 0.5) is 4.39 Å². The lowest BCUT2D eigenvalue weighted by molar-refractivity contribution is -0.00000653. The summed E-state index contributed by atoms with van der Waals surface area (Å²) in [5, 5.41) is 3.71. The topological polar surface area (TPSA) is 9.23 Å². The Bertz CT molecular complexity index is 975. The van der Waals surface area contributed by atoms with E-state index in [0.29, 0.717) is 17.5 Å². The Morgan fingerprint density at radius 2 is 1.10 bits per heavy atom. The van der Waals surface area contributed by atoms with E-state index in [2.05, 4.69) is 72.8 Å². The van der Waals surface area contributed by atoms with Gasteiger partial charge in [-0.25, -0.2) is 4.39 Å². The van der Waals surface area contributed by atoms with Crippen molar-refractivity contribution in [2.75, 3.05) is 7.11 Å². The van der Waals surface area contributed by atoms with Gasteiger partial charge >= 0.3 is 0 Å². The first-order valence-electron chi connectivity index (χ1n) is 9.61. The number of benzene rings is 4. The van der Waals surface area contributed by atoms with Crippen molar-refractivity contribution in [1.82, 2.24) is 0 Å². The number of hydrogen-bond acceptors (Lipinski definition) is 1. The molecule has 0 saturated carbocycles. The summed E-state index contributed by atoms with van der Waals surface area (Å²) in [4.78, 5) is 0. The van der Waals surface area contributed by atoms with Gasteiger partial charge < -0.3 is 21.7 Å². The van der Waals surface area contributed by atoms with Gasteiger partial charge in [-0.15, -0.1) is 0 Å². The first-order chi connectivity index (χ1) is 14.2. The quantitative estimate of drug-likeness (QED) is 0.385. The number of halogens is 2. The van der Waals surface area contributed by atoms with E-state index in [1.54, 1.807) is 13.2 Å². The average molecular weight is 481 g/mol. The van der Waals surface area contributed by atoms with Crippen LogP contribution >= 0.6 is 7.26 Å². The largest absolute Gasteiger partial charge is 1.00 e. The number of rotatable bonds is 6. The van der Waals surface area contributed by atoms with Crippen molar-refractivity contribution in [1.29, 1.82) is 0 Å². The standard InChI is InChI=1S/C26H23FOP.BrH/c1-28-22-17-18-26(27)21(19-22)20-29(23-11-5-2-6-12-23,24-13-7-3-8-14-24)25-15-9-4-10-16-25;/h2-19H,20H2,1H3;1H/q+1;/p-1. The van der Waals surface area contributed by atoms with Gasteiger partial charge in [0.05, 0.1) is 7.11 Å². The Morgan fingerprint density at radius 1 is 0.667 bits per heavy atom. The molecule has 0 bridgehead atoms. The molecule has 1 nitrogen and oxygen atoms in total. The van der Waals surface area contributed by atoms with E-state index in [0.717, 1.165) is 0 Å². The van der Waals surface area contributed by atoms with E-state index in [1.807, 2.05) is 24.3 Å². The molecule has 4 rings (SSSR count). The summed E-state index contributed by atoms with van der Waals surface area (Å²) in [6, 6.07) is 36.5. The third-order valence-electron chi connectivity index (χ3n) is 5.25. The van der Waals surface area contributed by atoms with Crippen molar-refractivity contribution in [2.24, 2.45) is 0 Å². The van der Waals surface area contributed by atoms with E-state index < -0.39 is 7.26 Å². The Morgan fingerprint density at radius 3 is 1.50 bits per heavy atom. The molecule has 0 fully saturated rings. The molecule has 0 amide bonds. The van der Waals surface area contributed by atoms with Crippen LogP contribution in [0.2, 0.25) is 0 Å². The van der Waals surface area contributed by atoms with Crippen LogP contribution in [0.1, 0.15) is 5.56 Å². The zero-order valence-corrected chi connectivity index (χ0v) is 19.2. The molecule has 4 aromatic rings. The zero-order valence-electron chi connectivity index (χ0n) is 16.7. The van der Waals surface area contributed by atoms with E-state index >= 15 is 0 Å². The summed E-state index contributed by atoms with van der Waals surface area (Å²) < 4.78 is 20.3. The van der Waals surface area contributed by atoms with Gasteiger partial charge in [0.15, 0.2) is 0 Å². The maximum absolute atomic E-state index is 14.9. The van der Waals surface area contributed by atoms with E-state index in [4.69, 9.17) is 4.74 Å². The van der Waals surface area contributed by atoms with Gasteiger partial charge in [0.1, 0.15) is 40.9 Å². The van der Waals surface area contributed by atoms with Crippen LogP contribution in [-0.4, -0.2) is 7.11 Å². The minimum atomic E-state index is -2.13. The molecule has 0 aliphatic heterocycles. The van der Waals surface area contributed by atoms with Crippen LogP contribution in [-0.2, 0) is 6.16 Å². The van der Waals surface area contributed by atoms with Crippen molar-refractivity contribution in [3.8, 4) is 5.75 Å². The maximum atomic E-state index is 14.9. The molecule has 0 atom stereocenters. The van der Waals surface area contributed by atoms with E-state index in [-0.39, 0.29) is 22.8 Å². The van der Waals surface area contributed by atoms with Gasteiger partial charge in [-0.3, -0.25) is 0 Å². The second kappa shape index (κ2) is 10.0. The summed E-state index contributed by atoms with van der Waals surface area (Å²) in [7, 11) is -0.512. The van der Waals surface area contributed by atoms with Crippen LogP contribution in [0.25, 0.3) is 0 Å². The molecule has 0 aromatic heterocycles. The lowest BCUT2D eigenvalue weighted by Crippen LogP contribution is -3.00. The fourth-order valence-electron chi connectivity index (χ4n) is 3.82. The molecule has 0 radical (unpaired) electrons. The van der Waals surface area contributed by atoms with Crippen LogP contribution in [0, 0.1) is 5.82 Å². The molecular formula is C26H23BrFOP. The number of ether oxygens (including phenoxy) is 1. The molecule has 0 unspecified atom stereocenters. The molecular weight excluding hydrogens is 458 g/mol. The van der Waals surface area contributed by atoms with Crippen molar-refractivity contribution in [2.45, 2.75) is 6.16 Å². The summed E-state index contributed by atoms with van der Waals surface area (Å²) in [5.41, 5.74) is 0.675. The van der Waals surface area contributed by atoms with Crippen molar-refractivity contribution in [3.05, 3.63) is 121 Å². The summed E-state index contributed by atoms with van der Waals surface area (Å²) in [6.07, 6.45) is 0.591. The highest BCUT2D eigenvalue weighted by molar-refractivity contribution is 7.95. The molecule has 4 aromatic carbocycles. The molecule has 0 heterocycles. The highest BCUT2D eigenvalue weighted by atomic mass is 79.9. The first kappa shape index (κ1) is 22.2. The maximum Gasteiger partial charge on any atom is 0.130 e. The van der Waals surface area contributed by atoms with Gasteiger partial charge in [-0.1, -0.05) is 54.6 Å². The third-order valence-corrected chi connectivity index (χ3v) is 9.61. The van der Waals surface area contributed by atoms with Crippen molar-refractivity contribution >= 4 is 23.2 Å². The average Bonchev–Trinajstić information content (AvgIpc) is 2.80. The van der Waals surface area contributed by atoms with Crippen LogP contribution in [0.15, 0.2) is 109 Å². The Hall–Kier alpha value is -2.48. The summed E-state index contributed by atoms with van der Waals surface area (Å²) >= 11 is 0. The lowest BCUT2D eigenvalue weighted by Gasteiger charge is -2.28. The zero-order chi connectivity index (χ0) is 20.1. The van der Waals surface area contributed by atoms with Gasteiger partial charge in [-0.05, 0) is 54.6 Å². The van der Waals surface area contributed by atoms with Crippen LogP contribution < -0.4 is 37.6 Å². The number of hydrogen-bond donors (Lipinski definition) is 0. The molecule has 0 aliphatic rings. The molecule has 152 valence electrons. The summed E-state index contributed by atoms with van der Waals surface area (Å²) in [5.74, 6) is 0.478. The monoisotopic (exact) mass is 480 g/mol. The van der Waals surface area contributed by atoms with Gasteiger partial charge in [-0.2, -0.15) is 0 Å². The van der Waals surface area contributed by atoms with Crippen LogP contribution in [0.3, 0.4) is 0 Å². The lowest BCUT2D eigenvalue weighted by atomic mass is 10.2. The van der Waals surface area contributed by atoms with Crippen molar-refractivity contribution in [3.63, 3.8) is 0 Å². The van der Waals surface area contributed by atoms with Crippen molar-refractivity contribution < 1.29 is 26.1 Å². The van der Waals surface area contributed by atoms with Gasteiger partial charge in [0.25, 0.3) is 0 Å². The van der Waals surface area contributed by atoms with Gasteiger partial charge in [0, 0.05) is 5.56 Å². The highest BCUT2D eigenvalue weighted by Crippen LogP contribution is 2.58. The molecule has 0 aliphatic carbocycles.